The van der Waals surface area contributed by atoms with E-state index in [1.165, 1.54) is 5.56 Å². The Hall–Kier alpha value is -3.32. The summed E-state index contributed by atoms with van der Waals surface area (Å²) in [6.07, 6.45) is 5.11. The van der Waals surface area contributed by atoms with Gasteiger partial charge in [-0.05, 0) is 29.8 Å². The number of ether oxygens (including phenoxy) is 1. The van der Waals surface area contributed by atoms with Gasteiger partial charge in [0.2, 0.25) is 0 Å². The molecule has 0 saturated heterocycles. The summed E-state index contributed by atoms with van der Waals surface area (Å²) in [7, 11) is 0. The second kappa shape index (κ2) is 13.1. The van der Waals surface area contributed by atoms with Crippen molar-refractivity contribution in [2.75, 3.05) is 0 Å². The van der Waals surface area contributed by atoms with Gasteiger partial charge in [-0.3, -0.25) is 0 Å². The molecule has 0 spiro atoms. The summed E-state index contributed by atoms with van der Waals surface area (Å²) in [5.74, 6) is 1.74. The minimum Gasteiger partial charge on any atom is -0.457 e. The van der Waals surface area contributed by atoms with Gasteiger partial charge < -0.3 is 4.74 Å². The van der Waals surface area contributed by atoms with Crippen molar-refractivity contribution in [3.05, 3.63) is 128 Å². The van der Waals surface area contributed by atoms with Crippen LogP contribution in [-0.2, 0) is 0 Å². The van der Waals surface area contributed by atoms with Crippen LogP contribution >= 0.6 is 0 Å². The van der Waals surface area contributed by atoms with Crippen molar-refractivity contribution in [1.29, 1.82) is 0 Å². The van der Waals surface area contributed by atoms with Crippen LogP contribution in [0.3, 0.4) is 0 Å². The van der Waals surface area contributed by atoms with Crippen LogP contribution in [0.5, 0.6) is 11.5 Å². The summed E-state index contributed by atoms with van der Waals surface area (Å²) in [6, 6.07) is 29.5. The summed E-state index contributed by atoms with van der Waals surface area (Å²) < 4.78 is 5.58. The average molecular weight is 328 g/mol. The molecule has 0 aliphatic heterocycles. The van der Waals surface area contributed by atoms with Gasteiger partial charge in [0.1, 0.15) is 11.5 Å². The Morgan fingerprint density at radius 3 is 1.16 bits per heavy atom. The lowest BCUT2D eigenvalue weighted by atomic mass is 10.2. The molecule has 0 heterocycles. The molecule has 0 bridgehead atoms. The average Bonchev–Trinajstić information content (AvgIpc) is 2.71. The van der Waals surface area contributed by atoms with Crippen molar-refractivity contribution < 1.29 is 4.74 Å². The third-order valence-electron chi connectivity index (χ3n) is 2.92. The molecule has 0 atom stereocenters. The normalized spacial score (nSPS) is 8.48. The highest BCUT2D eigenvalue weighted by molar-refractivity contribution is 5.45. The van der Waals surface area contributed by atoms with Gasteiger partial charge in [-0.1, -0.05) is 105 Å². The molecule has 0 unspecified atom stereocenters. The number of para-hydroxylation sites is 2. The van der Waals surface area contributed by atoms with Gasteiger partial charge in [-0.15, -0.1) is 0 Å². The lowest BCUT2D eigenvalue weighted by Gasteiger charge is -2.03. The highest BCUT2D eigenvalue weighted by Crippen LogP contribution is 2.19. The van der Waals surface area contributed by atoms with E-state index >= 15 is 0 Å². The van der Waals surface area contributed by atoms with Crippen LogP contribution < -0.4 is 4.74 Å². The molecular weight excluding hydrogens is 304 g/mol. The summed E-state index contributed by atoms with van der Waals surface area (Å²) >= 11 is 0. The Morgan fingerprint density at radius 1 is 0.520 bits per heavy atom. The SMILES string of the molecule is C=CC=C.C=Cc1ccccc1.c1ccc(Oc2ccccc2)cc1. The maximum atomic E-state index is 5.58. The molecule has 126 valence electrons. The molecule has 1 heteroatoms. The van der Waals surface area contributed by atoms with Gasteiger partial charge in [0.05, 0.1) is 0 Å². The van der Waals surface area contributed by atoms with E-state index in [2.05, 4.69) is 19.7 Å². The van der Waals surface area contributed by atoms with Crippen LogP contribution in [0.15, 0.2) is 123 Å². The smallest absolute Gasteiger partial charge is 0.127 e. The lowest BCUT2D eigenvalue weighted by Crippen LogP contribution is -1.81. The Bertz CT molecular complexity index is 672. The lowest BCUT2D eigenvalue weighted by molar-refractivity contribution is 0.482. The summed E-state index contributed by atoms with van der Waals surface area (Å²) in [6.45, 7) is 10.4. The number of rotatable bonds is 4. The first-order valence-corrected chi connectivity index (χ1v) is 7.99. The predicted octanol–water partition coefficient (Wildman–Crippen LogP) is 7.17. The summed E-state index contributed by atoms with van der Waals surface area (Å²) in [4.78, 5) is 0. The molecule has 1 nitrogen and oxygen atoms in total. The van der Waals surface area contributed by atoms with Crippen LogP contribution in [0, 0.1) is 0 Å². The van der Waals surface area contributed by atoms with Gasteiger partial charge in [0.25, 0.3) is 0 Å². The van der Waals surface area contributed by atoms with Crippen molar-refractivity contribution in [2.24, 2.45) is 0 Å². The molecule has 0 radical (unpaired) electrons. The fourth-order valence-corrected chi connectivity index (χ4v) is 1.70. The first-order chi connectivity index (χ1) is 12.3. The van der Waals surface area contributed by atoms with E-state index in [-0.39, 0.29) is 0 Å². The molecule has 0 aliphatic rings. The molecule has 3 rings (SSSR count). The Kier molecular flexibility index (Phi) is 10.4. The van der Waals surface area contributed by atoms with Crippen molar-refractivity contribution in [2.45, 2.75) is 0 Å². The quantitative estimate of drug-likeness (QED) is 0.461. The van der Waals surface area contributed by atoms with E-state index in [1.807, 2.05) is 97.1 Å². The van der Waals surface area contributed by atoms with Gasteiger partial charge in [-0.25, -0.2) is 0 Å². The first kappa shape index (κ1) is 19.7. The standard InChI is InChI=1S/C12H10O.C8H8.C4H6/c1-3-7-11(8-4-1)13-12-9-5-2-6-10-12;1-2-8-6-4-3-5-7-8;1-3-4-2/h1-10H;2-7H,1H2;3-4H,1-2H2. The third-order valence-corrected chi connectivity index (χ3v) is 2.92. The van der Waals surface area contributed by atoms with Crippen LogP contribution in [-0.4, -0.2) is 0 Å². The van der Waals surface area contributed by atoms with Crippen molar-refractivity contribution in [3.63, 3.8) is 0 Å². The van der Waals surface area contributed by atoms with Crippen molar-refractivity contribution in [3.8, 4) is 11.5 Å². The Labute approximate surface area is 151 Å². The van der Waals surface area contributed by atoms with E-state index in [0.717, 1.165) is 11.5 Å². The number of allylic oxidation sites excluding steroid dienone is 2. The van der Waals surface area contributed by atoms with E-state index in [1.54, 1.807) is 12.2 Å². The molecule has 0 aliphatic carbocycles. The zero-order chi connectivity index (χ0) is 18.2. The summed E-state index contributed by atoms with van der Waals surface area (Å²) in [5, 5.41) is 0. The minimum atomic E-state index is 0.869. The van der Waals surface area contributed by atoms with E-state index in [9.17, 15) is 0 Å². The van der Waals surface area contributed by atoms with Crippen LogP contribution in [0.1, 0.15) is 5.56 Å². The molecule has 3 aromatic carbocycles. The number of benzene rings is 3. The molecule has 0 N–H and O–H groups in total. The number of hydrogen-bond acceptors (Lipinski definition) is 1. The highest BCUT2D eigenvalue weighted by Gasteiger charge is 1.92. The third kappa shape index (κ3) is 9.42. The van der Waals surface area contributed by atoms with Crippen molar-refractivity contribution >= 4 is 6.08 Å². The minimum absolute atomic E-state index is 0.869. The molecular formula is C24H24O. The fraction of sp³-hybridized carbons (Fsp3) is 0. The summed E-state index contributed by atoms with van der Waals surface area (Å²) in [5.41, 5.74) is 1.17. The van der Waals surface area contributed by atoms with Gasteiger partial charge in [-0.2, -0.15) is 0 Å². The van der Waals surface area contributed by atoms with E-state index < -0.39 is 0 Å². The van der Waals surface area contributed by atoms with Crippen molar-refractivity contribution in [1.82, 2.24) is 0 Å². The van der Waals surface area contributed by atoms with Crippen LogP contribution in [0.4, 0.5) is 0 Å². The first-order valence-electron chi connectivity index (χ1n) is 7.99. The molecule has 0 aromatic heterocycles. The molecule has 0 amide bonds. The van der Waals surface area contributed by atoms with Crippen LogP contribution in [0.2, 0.25) is 0 Å². The maximum absolute atomic E-state index is 5.58. The second-order valence-electron chi connectivity index (χ2n) is 4.81. The van der Waals surface area contributed by atoms with Crippen LogP contribution in [0.25, 0.3) is 6.08 Å². The topological polar surface area (TPSA) is 9.23 Å². The predicted molar refractivity (Wildman–Crippen MR) is 110 cm³/mol. The van der Waals surface area contributed by atoms with E-state index in [4.69, 9.17) is 4.74 Å². The maximum Gasteiger partial charge on any atom is 0.127 e. The zero-order valence-electron chi connectivity index (χ0n) is 14.4. The largest absolute Gasteiger partial charge is 0.457 e. The van der Waals surface area contributed by atoms with Gasteiger partial charge >= 0.3 is 0 Å². The molecule has 25 heavy (non-hydrogen) atoms. The number of hydrogen-bond donors (Lipinski definition) is 0. The van der Waals surface area contributed by atoms with Gasteiger partial charge in [0.15, 0.2) is 0 Å². The Morgan fingerprint density at radius 2 is 0.880 bits per heavy atom. The fourth-order valence-electron chi connectivity index (χ4n) is 1.70. The second-order valence-corrected chi connectivity index (χ2v) is 4.81. The molecule has 3 aromatic rings. The zero-order valence-corrected chi connectivity index (χ0v) is 14.4. The highest BCUT2D eigenvalue weighted by atomic mass is 16.5. The monoisotopic (exact) mass is 328 g/mol. The van der Waals surface area contributed by atoms with E-state index in [0.29, 0.717) is 0 Å². The van der Waals surface area contributed by atoms with Gasteiger partial charge in [0, 0.05) is 0 Å². The molecule has 0 saturated carbocycles. The molecule has 0 fully saturated rings. The Balaban J connectivity index is 0.000000223.